The van der Waals surface area contributed by atoms with E-state index in [2.05, 4.69) is 10.2 Å². The standard InChI is InChI=1S/C23H26Cl2N2O2/c1-26-20(29)13-15-4-8-18(24)23(25)21(15)22-17-7-6-16(28)12-14(17)5-9-19(22)27-10-2-3-11-27/h4,6-8,12,19,22,28H,2-3,5,9-11,13H2,1H3,(H,26,29)/t19-,22-/m1/s1. The van der Waals surface area contributed by atoms with Crippen molar-refractivity contribution in [3.63, 3.8) is 0 Å². The van der Waals surface area contributed by atoms with Crippen molar-refractivity contribution < 1.29 is 9.90 Å². The van der Waals surface area contributed by atoms with Crippen molar-refractivity contribution in [2.75, 3.05) is 20.1 Å². The molecular formula is C23H26Cl2N2O2. The molecule has 0 unspecified atom stereocenters. The topological polar surface area (TPSA) is 52.6 Å². The first-order valence-corrected chi connectivity index (χ1v) is 11.0. The molecule has 1 aliphatic carbocycles. The summed E-state index contributed by atoms with van der Waals surface area (Å²) in [5.41, 5.74) is 4.18. The fraction of sp³-hybridized carbons (Fsp3) is 0.435. The Morgan fingerprint density at radius 2 is 1.97 bits per heavy atom. The Morgan fingerprint density at radius 1 is 1.21 bits per heavy atom. The van der Waals surface area contributed by atoms with Crippen LogP contribution >= 0.6 is 23.2 Å². The second kappa shape index (κ2) is 8.55. The van der Waals surface area contributed by atoms with Gasteiger partial charge in [0.05, 0.1) is 16.5 Å². The van der Waals surface area contributed by atoms with Crippen LogP contribution in [0.15, 0.2) is 30.3 Å². The maximum Gasteiger partial charge on any atom is 0.224 e. The van der Waals surface area contributed by atoms with Gasteiger partial charge in [-0.1, -0.05) is 35.3 Å². The molecule has 0 aromatic heterocycles. The number of likely N-dealkylation sites (tertiary alicyclic amines) is 1. The molecule has 0 radical (unpaired) electrons. The molecule has 0 spiro atoms. The van der Waals surface area contributed by atoms with E-state index in [1.807, 2.05) is 18.2 Å². The third-order valence-corrected chi connectivity index (χ3v) is 7.15. The van der Waals surface area contributed by atoms with Gasteiger partial charge in [0.25, 0.3) is 0 Å². The highest BCUT2D eigenvalue weighted by molar-refractivity contribution is 6.42. The van der Waals surface area contributed by atoms with Gasteiger partial charge in [-0.3, -0.25) is 9.69 Å². The highest BCUT2D eigenvalue weighted by Gasteiger charge is 2.38. The maximum absolute atomic E-state index is 12.2. The van der Waals surface area contributed by atoms with Gasteiger partial charge in [0, 0.05) is 19.0 Å². The van der Waals surface area contributed by atoms with Crippen LogP contribution in [0.4, 0.5) is 0 Å². The lowest BCUT2D eigenvalue weighted by Gasteiger charge is -2.40. The number of phenols is 1. The van der Waals surface area contributed by atoms with E-state index < -0.39 is 0 Å². The zero-order valence-electron chi connectivity index (χ0n) is 16.5. The van der Waals surface area contributed by atoms with E-state index >= 15 is 0 Å². The number of aryl methyl sites for hydroxylation is 1. The van der Waals surface area contributed by atoms with Crippen molar-refractivity contribution in [1.29, 1.82) is 0 Å². The maximum atomic E-state index is 12.2. The molecule has 154 valence electrons. The highest BCUT2D eigenvalue weighted by Crippen LogP contribution is 2.46. The summed E-state index contributed by atoms with van der Waals surface area (Å²) in [6.07, 6.45) is 4.59. The van der Waals surface area contributed by atoms with Gasteiger partial charge in [0.15, 0.2) is 0 Å². The molecule has 1 aliphatic heterocycles. The first-order valence-electron chi connectivity index (χ1n) is 10.2. The Hall–Kier alpha value is -1.75. The molecular weight excluding hydrogens is 407 g/mol. The van der Waals surface area contributed by atoms with Gasteiger partial charge in [-0.15, -0.1) is 0 Å². The van der Waals surface area contributed by atoms with Crippen molar-refractivity contribution in [3.8, 4) is 5.75 Å². The van der Waals surface area contributed by atoms with Gasteiger partial charge in [0.1, 0.15) is 5.75 Å². The molecule has 0 bridgehead atoms. The monoisotopic (exact) mass is 432 g/mol. The van der Waals surface area contributed by atoms with Crippen molar-refractivity contribution in [1.82, 2.24) is 10.2 Å². The van der Waals surface area contributed by atoms with Crippen LogP contribution in [0.3, 0.4) is 0 Å². The Balaban J connectivity index is 1.89. The van der Waals surface area contributed by atoms with Crippen molar-refractivity contribution >= 4 is 29.1 Å². The lowest BCUT2D eigenvalue weighted by molar-refractivity contribution is -0.119. The zero-order valence-corrected chi connectivity index (χ0v) is 18.1. The number of aromatic hydroxyl groups is 1. The van der Waals surface area contributed by atoms with Crippen LogP contribution in [-0.4, -0.2) is 42.1 Å². The van der Waals surface area contributed by atoms with E-state index in [-0.39, 0.29) is 24.0 Å². The van der Waals surface area contributed by atoms with Gasteiger partial charge < -0.3 is 10.4 Å². The minimum absolute atomic E-state index is 0.0170. The molecule has 1 saturated heterocycles. The molecule has 29 heavy (non-hydrogen) atoms. The second-order valence-electron chi connectivity index (χ2n) is 7.99. The molecule has 2 atom stereocenters. The van der Waals surface area contributed by atoms with E-state index in [1.165, 1.54) is 18.4 Å². The number of hydrogen-bond acceptors (Lipinski definition) is 3. The van der Waals surface area contributed by atoms with Crippen molar-refractivity contribution in [2.24, 2.45) is 0 Å². The molecule has 6 heteroatoms. The Labute approximate surface area is 181 Å². The van der Waals surface area contributed by atoms with Gasteiger partial charge in [-0.2, -0.15) is 0 Å². The SMILES string of the molecule is CNC(=O)Cc1ccc(Cl)c(Cl)c1[C@@H]1c2ccc(O)cc2CC[C@H]1N1CCCC1. The van der Waals surface area contributed by atoms with Crippen LogP contribution < -0.4 is 5.32 Å². The van der Waals surface area contributed by atoms with Crippen LogP contribution in [0.2, 0.25) is 10.0 Å². The van der Waals surface area contributed by atoms with Crippen molar-refractivity contribution in [2.45, 2.75) is 44.1 Å². The predicted octanol–water partition coefficient (Wildman–Crippen LogP) is 4.53. The van der Waals surface area contributed by atoms with E-state index in [0.717, 1.165) is 42.6 Å². The van der Waals surface area contributed by atoms with Crippen molar-refractivity contribution in [3.05, 3.63) is 62.6 Å². The number of rotatable bonds is 4. The fourth-order valence-electron chi connectivity index (χ4n) is 4.96. The number of nitrogens with one attached hydrogen (secondary N) is 1. The minimum Gasteiger partial charge on any atom is -0.508 e. The number of nitrogens with zero attached hydrogens (tertiary/aromatic N) is 1. The van der Waals surface area contributed by atoms with Gasteiger partial charge in [0.2, 0.25) is 5.91 Å². The smallest absolute Gasteiger partial charge is 0.224 e. The van der Waals surface area contributed by atoms with Crippen LogP contribution in [-0.2, 0) is 17.6 Å². The Bertz CT molecular complexity index is 925. The lowest BCUT2D eigenvalue weighted by Crippen LogP contribution is -2.41. The summed E-state index contributed by atoms with van der Waals surface area (Å²) in [6, 6.07) is 9.62. The molecule has 4 rings (SSSR count). The normalized spacial score (nSPS) is 21.8. The highest BCUT2D eigenvalue weighted by atomic mass is 35.5. The summed E-state index contributed by atoms with van der Waals surface area (Å²) >= 11 is 13.2. The van der Waals surface area contributed by atoms with E-state index in [0.29, 0.717) is 16.1 Å². The molecule has 2 aliphatic rings. The molecule has 1 heterocycles. The number of halogens is 2. The van der Waals surface area contributed by atoms with Crippen LogP contribution in [0.1, 0.15) is 47.4 Å². The number of likely N-dealkylation sites (N-methyl/N-ethyl adjacent to an activating group) is 1. The predicted molar refractivity (Wildman–Crippen MR) is 117 cm³/mol. The van der Waals surface area contributed by atoms with Crippen LogP contribution in [0.5, 0.6) is 5.75 Å². The molecule has 2 aromatic rings. The molecule has 2 aromatic carbocycles. The summed E-state index contributed by atoms with van der Waals surface area (Å²) in [5, 5.41) is 13.8. The minimum atomic E-state index is -0.0518. The third-order valence-electron chi connectivity index (χ3n) is 6.33. The van der Waals surface area contributed by atoms with E-state index in [1.54, 1.807) is 19.2 Å². The molecule has 2 N–H and O–H groups in total. The van der Waals surface area contributed by atoms with Crippen LogP contribution in [0, 0.1) is 0 Å². The second-order valence-corrected chi connectivity index (χ2v) is 8.78. The average Bonchev–Trinajstić information content (AvgIpc) is 3.25. The molecule has 4 nitrogen and oxygen atoms in total. The van der Waals surface area contributed by atoms with Gasteiger partial charge in [-0.05, 0) is 79.2 Å². The number of carbonyl (C=O) groups is 1. The quantitative estimate of drug-likeness (QED) is 0.745. The number of carbonyl (C=O) groups excluding carboxylic acids is 1. The number of fused-ring (bicyclic) bond motifs is 1. The van der Waals surface area contributed by atoms with Gasteiger partial charge in [-0.25, -0.2) is 0 Å². The molecule has 0 saturated carbocycles. The number of benzene rings is 2. The first-order chi connectivity index (χ1) is 14.0. The zero-order chi connectivity index (χ0) is 20.5. The molecule has 1 fully saturated rings. The third kappa shape index (κ3) is 3.98. The Kier molecular flexibility index (Phi) is 6.05. The average molecular weight is 433 g/mol. The number of hydrogen-bond donors (Lipinski definition) is 2. The summed E-state index contributed by atoms with van der Waals surface area (Å²) in [7, 11) is 1.64. The number of phenolic OH excluding ortho intramolecular Hbond substituents is 1. The van der Waals surface area contributed by atoms with Crippen LogP contribution in [0.25, 0.3) is 0 Å². The van der Waals surface area contributed by atoms with Gasteiger partial charge >= 0.3 is 0 Å². The largest absolute Gasteiger partial charge is 0.508 e. The fourth-order valence-corrected chi connectivity index (χ4v) is 5.43. The molecule has 1 amide bonds. The summed E-state index contributed by atoms with van der Waals surface area (Å²) in [5.74, 6) is 0.248. The Morgan fingerprint density at radius 3 is 2.69 bits per heavy atom. The summed E-state index contributed by atoms with van der Waals surface area (Å²) in [6.45, 7) is 2.16. The van der Waals surface area contributed by atoms with E-state index in [4.69, 9.17) is 23.2 Å². The first kappa shape index (κ1) is 20.5. The van der Waals surface area contributed by atoms with E-state index in [9.17, 15) is 9.90 Å². The summed E-state index contributed by atoms with van der Waals surface area (Å²) < 4.78 is 0. The summed E-state index contributed by atoms with van der Waals surface area (Å²) in [4.78, 5) is 14.8. The lowest BCUT2D eigenvalue weighted by atomic mass is 9.73. The number of amides is 1.